The van der Waals surface area contributed by atoms with Gasteiger partial charge in [-0.1, -0.05) is 17.8 Å². The maximum atomic E-state index is 13.1. The SMILES string of the molecule is CCn1c(SCC(=O)Nc2cccc(C(F)(F)F)c2)nc2sc3c(c2c1=O)CCCC3. The van der Waals surface area contributed by atoms with Crippen molar-refractivity contribution in [1.29, 1.82) is 0 Å². The average Bonchev–Trinajstić information content (AvgIpc) is 3.10. The quantitative estimate of drug-likeness (QED) is 0.419. The number of nitrogens with one attached hydrogen (secondary N) is 1. The largest absolute Gasteiger partial charge is 0.416 e. The first-order chi connectivity index (χ1) is 14.8. The van der Waals surface area contributed by atoms with Gasteiger partial charge in [-0.05, 0) is 56.4 Å². The molecular formula is C21H20F3N3O2S2. The van der Waals surface area contributed by atoms with Crippen molar-refractivity contribution in [2.45, 2.75) is 50.5 Å². The van der Waals surface area contributed by atoms with E-state index in [-0.39, 0.29) is 17.0 Å². The van der Waals surface area contributed by atoms with Gasteiger partial charge in [-0.3, -0.25) is 14.2 Å². The number of hydrogen-bond acceptors (Lipinski definition) is 5. The molecule has 0 bridgehead atoms. The molecule has 0 spiro atoms. The number of halogens is 3. The van der Waals surface area contributed by atoms with E-state index in [1.54, 1.807) is 15.9 Å². The molecule has 0 fully saturated rings. The summed E-state index contributed by atoms with van der Waals surface area (Å²) in [5.41, 5.74) is 0.270. The topological polar surface area (TPSA) is 64.0 Å². The van der Waals surface area contributed by atoms with Gasteiger partial charge in [0, 0.05) is 17.1 Å². The van der Waals surface area contributed by atoms with Crippen LogP contribution in [0.3, 0.4) is 0 Å². The van der Waals surface area contributed by atoms with Gasteiger partial charge >= 0.3 is 6.18 Å². The van der Waals surface area contributed by atoms with Gasteiger partial charge in [-0.15, -0.1) is 11.3 Å². The van der Waals surface area contributed by atoms with Crippen molar-refractivity contribution < 1.29 is 18.0 Å². The van der Waals surface area contributed by atoms with Crippen LogP contribution in [0.4, 0.5) is 18.9 Å². The molecule has 31 heavy (non-hydrogen) atoms. The Balaban J connectivity index is 1.54. The molecule has 0 radical (unpaired) electrons. The van der Waals surface area contributed by atoms with E-state index in [2.05, 4.69) is 10.3 Å². The van der Waals surface area contributed by atoms with Gasteiger partial charge in [0.1, 0.15) is 4.83 Å². The Bertz CT molecular complexity index is 1200. The minimum Gasteiger partial charge on any atom is -0.325 e. The molecule has 1 N–H and O–H groups in total. The molecule has 0 saturated carbocycles. The Labute approximate surface area is 184 Å². The highest BCUT2D eigenvalue weighted by Crippen LogP contribution is 2.35. The van der Waals surface area contributed by atoms with E-state index in [1.165, 1.54) is 17.0 Å². The molecule has 1 amide bonds. The maximum Gasteiger partial charge on any atom is 0.416 e. The number of hydrogen-bond donors (Lipinski definition) is 1. The van der Waals surface area contributed by atoms with E-state index in [0.717, 1.165) is 55.1 Å². The summed E-state index contributed by atoms with van der Waals surface area (Å²) in [4.78, 5) is 32.0. The Morgan fingerprint density at radius 3 is 2.81 bits per heavy atom. The lowest BCUT2D eigenvalue weighted by Gasteiger charge is -2.12. The fourth-order valence-electron chi connectivity index (χ4n) is 3.71. The molecule has 2 heterocycles. The van der Waals surface area contributed by atoms with Crippen LogP contribution in [0.15, 0.2) is 34.2 Å². The van der Waals surface area contributed by atoms with E-state index in [0.29, 0.717) is 21.9 Å². The number of benzene rings is 1. The minimum absolute atomic E-state index is 0.0702. The fourth-order valence-corrected chi connectivity index (χ4v) is 5.87. The Hall–Kier alpha value is -2.33. The smallest absolute Gasteiger partial charge is 0.325 e. The standard InChI is InChI=1S/C21H20F3N3O2S2/c1-2-27-19(29)17-14-8-3-4-9-15(14)31-18(17)26-20(27)30-11-16(28)25-13-7-5-6-12(10-13)21(22,23)24/h5-7,10H,2-4,8-9,11H2,1H3,(H,25,28). The first-order valence-corrected chi connectivity index (χ1v) is 11.7. The second kappa shape index (κ2) is 8.66. The zero-order valence-corrected chi connectivity index (χ0v) is 18.3. The number of thiophene rings is 1. The van der Waals surface area contributed by atoms with Gasteiger partial charge in [0.05, 0.1) is 16.7 Å². The lowest BCUT2D eigenvalue weighted by atomic mass is 9.97. The van der Waals surface area contributed by atoms with Crippen molar-refractivity contribution >= 4 is 44.9 Å². The number of thioether (sulfide) groups is 1. The van der Waals surface area contributed by atoms with Crippen molar-refractivity contribution in [3.63, 3.8) is 0 Å². The minimum atomic E-state index is -4.48. The summed E-state index contributed by atoms with van der Waals surface area (Å²) in [6, 6.07) is 4.49. The molecule has 2 aromatic heterocycles. The van der Waals surface area contributed by atoms with Gasteiger partial charge in [-0.2, -0.15) is 13.2 Å². The monoisotopic (exact) mass is 467 g/mol. The third-order valence-corrected chi connectivity index (χ3v) is 7.32. The second-order valence-electron chi connectivity index (χ2n) is 7.25. The highest BCUT2D eigenvalue weighted by Gasteiger charge is 2.30. The number of amides is 1. The summed E-state index contributed by atoms with van der Waals surface area (Å²) in [7, 11) is 0. The number of fused-ring (bicyclic) bond motifs is 3. The zero-order chi connectivity index (χ0) is 22.2. The zero-order valence-electron chi connectivity index (χ0n) is 16.7. The lowest BCUT2D eigenvalue weighted by Crippen LogP contribution is -2.24. The van der Waals surface area contributed by atoms with Crippen LogP contribution in [0.25, 0.3) is 10.2 Å². The Morgan fingerprint density at radius 2 is 2.06 bits per heavy atom. The van der Waals surface area contributed by atoms with Crippen LogP contribution in [0, 0.1) is 0 Å². The highest BCUT2D eigenvalue weighted by atomic mass is 32.2. The van der Waals surface area contributed by atoms with Gasteiger partial charge < -0.3 is 5.32 Å². The molecule has 5 nitrogen and oxygen atoms in total. The van der Waals surface area contributed by atoms with Crippen molar-refractivity contribution in [3.05, 3.63) is 50.6 Å². The molecule has 10 heteroatoms. The van der Waals surface area contributed by atoms with E-state index < -0.39 is 17.6 Å². The summed E-state index contributed by atoms with van der Waals surface area (Å²) < 4.78 is 40.1. The van der Waals surface area contributed by atoms with Crippen LogP contribution in [0.5, 0.6) is 0 Å². The fraction of sp³-hybridized carbons (Fsp3) is 0.381. The summed E-state index contributed by atoms with van der Waals surface area (Å²) in [5.74, 6) is -0.536. The number of alkyl halides is 3. The van der Waals surface area contributed by atoms with Gasteiger partial charge in [0.25, 0.3) is 5.56 Å². The number of anilines is 1. The molecule has 0 unspecified atom stereocenters. The van der Waals surface area contributed by atoms with Crippen molar-refractivity contribution in [3.8, 4) is 0 Å². The molecule has 1 aliphatic rings. The molecule has 0 saturated heterocycles. The van der Waals surface area contributed by atoms with Gasteiger partial charge in [0.15, 0.2) is 5.16 Å². The van der Waals surface area contributed by atoms with Crippen LogP contribution in [-0.2, 0) is 30.4 Å². The van der Waals surface area contributed by atoms with Crippen LogP contribution in [0.2, 0.25) is 0 Å². The highest BCUT2D eigenvalue weighted by molar-refractivity contribution is 7.99. The number of carbonyl (C=O) groups excluding carboxylic acids is 1. The molecular weight excluding hydrogens is 447 g/mol. The average molecular weight is 468 g/mol. The summed E-state index contributed by atoms with van der Waals surface area (Å²) >= 11 is 2.65. The first kappa shape index (κ1) is 21.9. The molecule has 4 rings (SSSR count). The molecule has 3 aromatic rings. The number of aryl methyl sites for hydroxylation is 2. The maximum absolute atomic E-state index is 13.1. The third-order valence-electron chi connectivity index (χ3n) is 5.16. The lowest BCUT2D eigenvalue weighted by molar-refractivity contribution is -0.137. The second-order valence-corrected chi connectivity index (χ2v) is 9.28. The van der Waals surface area contributed by atoms with E-state index in [9.17, 15) is 22.8 Å². The predicted molar refractivity (Wildman–Crippen MR) is 117 cm³/mol. The van der Waals surface area contributed by atoms with Crippen molar-refractivity contribution in [2.24, 2.45) is 0 Å². The van der Waals surface area contributed by atoms with Gasteiger partial charge in [0.2, 0.25) is 5.91 Å². The van der Waals surface area contributed by atoms with Crippen LogP contribution in [0.1, 0.15) is 35.8 Å². The normalized spacial score (nSPS) is 13.9. The van der Waals surface area contributed by atoms with Crippen LogP contribution >= 0.6 is 23.1 Å². The molecule has 1 aliphatic carbocycles. The van der Waals surface area contributed by atoms with Crippen LogP contribution in [-0.4, -0.2) is 21.2 Å². The van der Waals surface area contributed by atoms with E-state index in [1.807, 2.05) is 6.92 Å². The Kier molecular flexibility index (Phi) is 6.11. The first-order valence-electron chi connectivity index (χ1n) is 9.93. The number of aromatic nitrogens is 2. The predicted octanol–water partition coefficient (Wildman–Crippen LogP) is 5.11. The van der Waals surface area contributed by atoms with E-state index in [4.69, 9.17) is 0 Å². The van der Waals surface area contributed by atoms with Crippen LogP contribution < -0.4 is 10.9 Å². The van der Waals surface area contributed by atoms with E-state index >= 15 is 0 Å². The number of rotatable bonds is 5. The van der Waals surface area contributed by atoms with Crippen molar-refractivity contribution in [1.82, 2.24) is 9.55 Å². The van der Waals surface area contributed by atoms with Gasteiger partial charge in [-0.25, -0.2) is 4.98 Å². The summed E-state index contributed by atoms with van der Waals surface area (Å²) in [6.45, 7) is 2.27. The molecule has 0 atom stereocenters. The molecule has 164 valence electrons. The number of carbonyl (C=O) groups is 1. The third kappa shape index (κ3) is 4.50. The summed E-state index contributed by atoms with van der Waals surface area (Å²) in [6.07, 6.45) is -0.451. The molecule has 0 aliphatic heterocycles. The molecule has 1 aromatic carbocycles. The number of nitrogens with zero attached hydrogens (tertiary/aromatic N) is 2. The summed E-state index contributed by atoms with van der Waals surface area (Å²) in [5, 5.41) is 3.62. The van der Waals surface area contributed by atoms with Crippen molar-refractivity contribution in [2.75, 3.05) is 11.1 Å². The Morgan fingerprint density at radius 1 is 1.29 bits per heavy atom.